The van der Waals surface area contributed by atoms with E-state index in [0.717, 1.165) is 43.0 Å². The lowest BCUT2D eigenvalue weighted by Gasteiger charge is -2.09. The van der Waals surface area contributed by atoms with E-state index in [1.54, 1.807) is 0 Å². The molecular formula is C18H21F3N2. The summed E-state index contributed by atoms with van der Waals surface area (Å²) in [6.45, 7) is 4.41. The molecule has 2 N–H and O–H groups in total. The molecule has 2 aromatic rings. The number of anilines is 1. The second kappa shape index (κ2) is 8.02. The van der Waals surface area contributed by atoms with Gasteiger partial charge >= 0.3 is 6.18 Å². The summed E-state index contributed by atoms with van der Waals surface area (Å²) in [6.07, 6.45) is -3.57. The van der Waals surface area contributed by atoms with Gasteiger partial charge in [0, 0.05) is 18.8 Å². The number of hydrogen-bond acceptors (Lipinski definition) is 2. The summed E-state index contributed by atoms with van der Waals surface area (Å²) in [5.41, 5.74) is 2.57. The molecule has 2 nitrogen and oxygen atoms in total. The second-order valence-corrected chi connectivity index (χ2v) is 5.35. The van der Waals surface area contributed by atoms with Crippen molar-refractivity contribution in [2.75, 3.05) is 18.4 Å². The summed E-state index contributed by atoms with van der Waals surface area (Å²) in [6, 6.07) is 13.5. The second-order valence-electron chi connectivity index (χ2n) is 5.35. The lowest BCUT2D eigenvalue weighted by molar-refractivity contribution is -0.137. The molecule has 0 radical (unpaired) electrons. The topological polar surface area (TPSA) is 24.1 Å². The zero-order valence-corrected chi connectivity index (χ0v) is 13.1. The molecule has 0 heterocycles. The van der Waals surface area contributed by atoms with E-state index in [1.165, 1.54) is 17.7 Å². The van der Waals surface area contributed by atoms with Gasteiger partial charge in [-0.25, -0.2) is 0 Å². The number of nitrogens with one attached hydrogen (secondary N) is 2. The molecule has 0 saturated carbocycles. The number of halogens is 3. The maximum absolute atomic E-state index is 12.5. The summed E-state index contributed by atoms with van der Waals surface area (Å²) < 4.78 is 37.4. The molecule has 5 heteroatoms. The molecule has 0 fully saturated rings. The van der Waals surface area contributed by atoms with Gasteiger partial charge in [0.15, 0.2) is 0 Å². The predicted octanol–water partition coefficient (Wildman–Crippen LogP) is 4.47. The first-order valence-corrected chi connectivity index (χ1v) is 7.68. The van der Waals surface area contributed by atoms with E-state index in [2.05, 4.69) is 29.7 Å². The fraction of sp³-hybridized carbons (Fsp3) is 0.333. The molecule has 0 aliphatic rings. The number of rotatable bonds is 7. The Morgan fingerprint density at radius 3 is 2.04 bits per heavy atom. The van der Waals surface area contributed by atoms with Gasteiger partial charge in [0.2, 0.25) is 0 Å². The van der Waals surface area contributed by atoms with E-state index in [9.17, 15) is 13.2 Å². The van der Waals surface area contributed by atoms with Crippen molar-refractivity contribution in [1.82, 2.24) is 5.32 Å². The first-order valence-electron chi connectivity index (χ1n) is 7.68. The number of hydrogen-bond donors (Lipinski definition) is 2. The largest absolute Gasteiger partial charge is 0.416 e. The fourth-order valence-electron chi connectivity index (χ4n) is 2.27. The Labute approximate surface area is 134 Å². The molecule has 0 atom stereocenters. The SMILES string of the molecule is CCNc1ccc(CNCCc2ccc(C(F)(F)F)cc2)cc1. The van der Waals surface area contributed by atoms with E-state index in [0.29, 0.717) is 6.42 Å². The smallest absolute Gasteiger partial charge is 0.385 e. The lowest BCUT2D eigenvalue weighted by Crippen LogP contribution is -2.16. The van der Waals surface area contributed by atoms with Crippen molar-refractivity contribution in [2.45, 2.75) is 26.1 Å². The van der Waals surface area contributed by atoms with E-state index in [-0.39, 0.29) is 0 Å². The average Bonchev–Trinajstić information content (AvgIpc) is 2.53. The Morgan fingerprint density at radius 2 is 1.48 bits per heavy atom. The minimum Gasteiger partial charge on any atom is -0.385 e. The van der Waals surface area contributed by atoms with Gasteiger partial charge in [0.25, 0.3) is 0 Å². The van der Waals surface area contributed by atoms with Crippen LogP contribution in [0.4, 0.5) is 18.9 Å². The van der Waals surface area contributed by atoms with E-state index in [1.807, 2.05) is 12.1 Å². The van der Waals surface area contributed by atoms with Crippen LogP contribution >= 0.6 is 0 Å². The number of alkyl halides is 3. The minimum absolute atomic E-state index is 0.602. The average molecular weight is 322 g/mol. The third-order valence-electron chi connectivity index (χ3n) is 3.54. The van der Waals surface area contributed by atoms with Crippen molar-refractivity contribution in [3.63, 3.8) is 0 Å². The van der Waals surface area contributed by atoms with Crippen molar-refractivity contribution in [3.05, 3.63) is 65.2 Å². The highest BCUT2D eigenvalue weighted by molar-refractivity contribution is 5.44. The van der Waals surface area contributed by atoms with Crippen LogP contribution in [-0.2, 0) is 19.1 Å². The van der Waals surface area contributed by atoms with Gasteiger partial charge < -0.3 is 10.6 Å². The first-order chi connectivity index (χ1) is 11.0. The Balaban J connectivity index is 1.74. The van der Waals surface area contributed by atoms with Gasteiger partial charge in [-0.15, -0.1) is 0 Å². The highest BCUT2D eigenvalue weighted by atomic mass is 19.4. The molecule has 0 saturated heterocycles. The third kappa shape index (κ3) is 5.60. The van der Waals surface area contributed by atoms with Crippen LogP contribution in [0.15, 0.2) is 48.5 Å². The monoisotopic (exact) mass is 322 g/mol. The third-order valence-corrected chi connectivity index (χ3v) is 3.54. The molecule has 0 bridgehead atoms. The van der Waals surface area contributed by atoms with Crippen LogP contribution in [0.1, 0.15) is 23.6 Å². The zero-order valence-electron chi connectivity index (χ0n) is 13.1. The van der Waals surface area contributed by atoms with Gasteiger partial charge in [-0.05, 0) is 55.3 Å². The van der Waals surface area contributed by atoms with Crippen molar-refractivity contribution in [1.29, 1.82) is 0 Å². The summed E-state index contributed by atoms with van der Waals surface area (Å²) in [5, 5.41) is 6.54. The van der Waals surface area contributed by atoms with Gasteiger partial charge in [-0.3, -0.25) is 0 Å². The van der Waals surface area contributed by atoms with E-state index in [4.69, 9.17) is 0 Å². The Kier molecular flexibility index (Phi) is 6.04. The standard InChI is InChI=1S/C18H21F3N2/c1-2-23-17-9-5-15(6-10-17)13-22-12-11-14-3-7-16(8-4-14)18(19,20)21/h3-10,22-23H,2,11-13H2,1H3. The summed E-state index contributed by atoms with van der Waals surface area (Å²) >= 11 is 0. The van der Waals surface area contributed by atoms with Crippen LogP contribution in [0.3, 0.4) is 0 Å². The van der Waals surface area contributed by atoms with E-state index < -0.39 is 11.7 Å². The van der Waals surface area contributed by atoms with Gasteiger partial charge in [-0.2, -0.15) is 13.2 Å². The first kappa shape index (κ1) is 17.3. The maximum atomic E-state index is 12.5. The van der Waals surface area contributed by atoms with Crippen molar-refractivity contribution in [2.24, 2.45) is 0 Å². The zero-order chi connectivity index (χ0) is 16.7. The molecule has 2 rings (SSSR count). The van der Waals surface area contributed by atoms with Crippen LogP contribution in [-0.4, -0.2) is 13.1 Å². The van der Waals surface area contributed by atoms with Crippen molar-refractivity contribution >= 4 is 5.69 Å². The summed E-state index contributed by atoms with van der Waals surface area (Å²) in [7, 11) is 0. The van der Waals surface area contributed by atoms with Gasteiger partial charge in [0.05, 0.1) is 5.56 Å². The predicted molar refractivity (Wildman–Crippen MR) is 87.5 cm³/mol. The molecule has 0 aliphatic heterocycles. The lowest BCUT2D eigenvalue weighted by atomic mass is 10.1. The Hall–Kier alpha value is -2.01. The normalized spacial score (nSPS) is 11.5. The molecule has 0 aromatic heterocycles. The Morgan fingerprint density at radius 1 is 0.870 bits per heavy atom. The summed E-state index contributed by atoms with van der Waals surface area (Å²) in [5.74, 6) is 0. The molecule has 0 spiro atoms. The molecule has 0 unspecified atom stereocenters. The van der Waals surface area contributed by atoms with Crippen molar-refractivity contribution < 1.29 is 13.2 Å². The van der Waals surface area contributed by atoms with Crippen molar-refractivity contribution in [3.8, 4) is 0 Å². The number of benzene rings is 2. The maximum Gasteiger partial charge on any atom is 0.416 e. The van der Waals surface area contributed by atoms with Crippen LogP contribution in [0.25, 0.3) is 0 Å². The van der Waals surface area contributed by atoms with Gasteiger partial charge in [0.1, 0.15) is 0 Å². The molecular weight excluding hydrogens is 301 g/mol. The minimum atomic E-state index is -4.27. The van der Waals surface area contributed by atoms with Crippen LogP contribution in [0.2, 0.25) is 0 Å². The Bertz CT molecular complexity index is 589. The fourth-order valence-corrected chi connectivity index (χ4v) is 2.27. The molecule has 0 amide bonds. The van der Waals surface area contributed by atoms with Crippen LogP contribution in [0.5, 0.6) is 0 Å². The van der Waals surface area contributed by atoms with Gasteiger partial charge in [-0.1, -0.05) is 24.3 Å². The van der Waals surface area contributed by atoms with Crippen LogP contribution < -0.4 is 10.6 Å². The van der Waals surface area contributed by atoms with Crippen LogP contribution in [0, 0.1) is 0 Å². The van der Waals surface area contributed by atoms with E-state index >= 15 is 0 Å². The molecule has 124 valence electrons. The highest BCUT2D eigenvalue weighted by Crippen LogP contribution is 2.29. The molecule has 0 aliphatic carbocycles. The quantitative estimate of drug-likeness (QED) is 0.735. The summed E-state index contributed by atoms with van der Waals surface area (Å²) in [4.78, 5) is 0. The molecule has 2 aromatic carbocycles. The molecule has 23 heavy (non-hydrogen) atoms. The highest BCUT2D eigenvalue weighted by Gasteiger charge is 2.29.